The maximum atomic E-state index is 12.8. The Morgan fingerprint density at radius 2 is 2.04 bits per heavy atom. The van der Waals surface area contributed by atoms with Gasteiger partial charge in [0, 0.05) is 25.6 Å². The molecule has 4 amide bonds. The van der Waals surface area contributed by atoms with E-state index in [2.05, 4.69) is 10.6 Å². The molecular weight excluding hydrogens is 324 g/mol. The van der Waals surface area contributed by atoms with Gasteiger partial charge in [-0.25, -0.2) is 0 Å². The number of nitrogens with one attached hydrogen (secondary N) is 2. The first-order valence-corrected chi connectivity index (χ1v) is 8.20. The number of amides is 4. The third-order valence-corrected chi connectivity index (χ3v) is 4.34. The third kappa shape index (κ3) is 3.18. The molecule has 132 valence electrons. The lowest BCUT2D eigenvalue weighted by molar-refractivity contribution is -0.136. The van der Waals surface area contributed by atoms with Crippen LogP contribution in [0.2, 0.25) is 0 Å². The molecule has 0 saturated carbocycles. The van der Waals surface area contributed by atoms with Gasteiger partial charge in [-0.2, -0.15) is 0 Å². The molecule has 1 aromatic carbocycles. The molecular formula is C17H20N4O4. The first kappa shape index (κ1) is 17.2. The van der Waals surface area contributed by atoms with Crippen LogP contribution in [-0.2, 0) is 16.1 Å². The second kappa shape index (κ2) is 6.73. The van der Waals surface area contributed by atoms with Gasteiger partial charge in [0.1, 0.15) is 6.04 Å². The summed E-state index contributed by atoms with van der Waals surface area (Å²) in [6.07, 6.45) is 0.251. The molecule has 0 aromatic heterocycles. The number of carbonyl (C=O) groups is 4. The van der Waals surface area contributed by atoms with E-state index < -0.39 is 29.7 Å². The van der Waals surface area contributed by atoms with Gasteiger partial charge in [-0.1, -0.05) is 12.1 Å². The summed E-state index contributed by atoms with van der Waals surface area (Å²) in [5.41, 5.74) is 6.99. The zero-order valence-electron chi connectivity index (χ0n) is 13.9. The number of carbonyl (C=O) groups excluding carboxylic acids is 4. The third-order valence-electron chi connectivity index (χ3n) is 4.34. The number of hydrogen-bond donors (Lipinski definition) is 3. The fraction of sp³-hybridized carbons (Fsp3) is 0.412. The molecule has 0 aliphatic carbocycles. The van der Waals surface area contributed by atoms with E-state index in [4.69, 9.17) is 5.73 Å². The minimum absolute atomic E-state index is 0.0333. The normalized spacial score (nSPS) is 21.4. The van der Waals surface area contributed by atoms with E-state index in [-0.39, 0.29) is 24.4 Å². The lowest BCUT2D eigenvalue weighted by Crippen LogP contribution is -2.54. The highest BCUT2D eigenvalue weighted by molar-refractivity contribution is 6.24. The van der Waals surface area contributed by atoms with Crippen molar-refractivity contribution >= 4 is 23.6 Å². The monoisotopic (exact) mass is 344 g/mol. The zero-order valence-corrected chi connectivity index (χ0v) is 13.9. The highest BCUT2D eigenvalue weighted by atomic mass is 16.2. The Morgan fingerprint density at radius 3 is 2.72 bits per heavy atom. The Balaban J connectivity index is 1.86. The maximum Gasteiger partial charge on any atom is 0.262 e. The topological polar surface area (TPSA) is 122 Å². The van der Waals surface area contributed by atoms with E-state index in [9.17, 15) is 19.2 Å². The van der Waals surface area contributed by atoms with Crippen molar-refractivity contribution < 1.29 is 19.2 Å². The average Bonchev–Trinajstić information content (AvgIpc) is 2.80. The summed E-state index contributed by atoms with van der Waals surface area (Å²) in [6.45, 7) is 2.83. The largest absolute Gasteiger partial charge is 0.327 e. The summed E-state index contributed by atoms with van der Waals surface area (Å²) >= 11 is 0. The molecule has 1 aromatic rings. The van der Waals surface area contributed by atoms with Crippen molar-refractivity contribution in [2.45, 2.75) is 38.4 Å². The Kier molecular flexibility index (Phi) is 4.65. The summed E-state index contributed by atoms with van der Waals surface area (Å²) in [4.78, 5) is 49.8. The molecule has 8 nitrogen and oxygen atoms in total. The number of nitrogens with two attached hydrogens (primary N) is 1. The minimum atomic E-state index is -0.949. The van der Waals surface area contributed by atoms with Gasteiger partial charge in [0.15, 0.2) is 0 Å². The van der Waals surface area contributed by atoms with Crippen LogP contribution >= 0.6 is 0 Å². The number of imide groups is 2. The molecule has 2 aliphatic heterocycles. The molecule has 1 fully saturated rings. The molecule has 0 spiro atoms. The smallest absolute Gasteiger partial charge is 0.262 e. The van der Waals surface area contributed by atoms with Crippen LogP contribution in [0.4, 0.5) is 0 Å². The van der Waals surface area contributed by atoms with Gasteiger partial charge in [0.25, 0.3) is 11.8 Å². The summed E-state index contributed by atoms with van der Waals surface area (Å²) < 4.78 is 0. The van der Waals surface area contributed by atoms with Crippen LogP contribution in [0.25, 0.3) is 0 Å². The first-order chi connectivity index (χ1) is 11.9. The molecule has 3 rings (SSSR count). The lowest BCUT2D eigenvalue weighted by atomic mass is 10.0. The number of nitrogens with zero attached hydrogens (tertiary/aromatic N) is 1. The molecule has 0 bridgehead atoms. The van der Waals surface area contributed by atoms with Gasteiger partial charge >= 0.3 is 0 Å². The molecule has 2 heterocycles. The molecule has 25 heavy (non-hydrogen) atoms. The second-order valence-electron chi connectivity index (χ2n) is 6.40. The lowest BCUT2D eigenvalue weighted by Gasteiger charge is -2.27. The van der Waals surface area contributed by atoms with Crippen LogP contribution in [0.1, 0.15) is 46.0 Å². The van der Waals surface area contributed by atoms with Gasteiger partial charge in [0.2, 0.25) is 11.8 Å². The molecule has 4 N–H and O–H groups in total. The molecule has 8 heteroatoms. The van der Waals surface area contributed by atoms with Crippen molar-refractivity contribution in [1.29, 1.82) is 0 Å². The molecule has 0 radical (unpaired) electrons. The van der Waals surface area contributed by atoms with E-state index in [0.717, 1.165) is 4.90 Å². The molecule has 1 saturated heterocycles. The Hall–Kier alpha value is -2.58. The summed E-state index contributed by atoms with van der Waals surface area (Å²) in [5.74, 6) is -1.99. The molecule has 1 unspecified atom stereocenters. The predicted molar refractivity (Wildman–Crippen MR) is 88.5 cm³/mol. The maximum absolute atomic E-state index is 12.8. The van der Waals surface area contributed by atoms with Crippen LogP contribution in [0.5, 0.6) is 0 Å². The number of hydrogen-bond acceptors (Lipinski definition) is 6. The second-order valence-corrected chi connectivity index (χ2v) is 6.40. The number of rotatable bonds is 5. The van der Waals surface area contributed by atoms with Crippen LogP contribution in [0, 0.1) is 0 Å². The molecule has 2 atom stereocenters. The average molecular weight is 344 g/mol. The van der Waals surface area contributed by atoms with E-state index in [1.807, 2.05) is 6.92 Å². The van der Waals surface area contributed by atoms with Gasteiger partial charge in [0.05, 0.1) is 11.1 Å². The fourth-order valence-corrected chi connectivity index (χ4v) is 3.17. The van der Waals surface area contributed by atoms with Crippen LogP contribution in [0.15, 0.2) is 18.2 Å². The SMILES string of the molecule is C[C@@H](N)CNCc1cccc2c1C(=O)N(C1CCC(=O)NC1=O)C2=O. The van der Waals surface area contributed by atoms with Gasteiger partial charge < -0.3 is 11.1 Å². The van der Waals surface area contributed by atoms with Crippen LogP contribution < -0.4 is 16.4 Å². The highest BCUT2D eigenvalue weighted by Gasteiger charge is 2.45. The number of benzene rings is 1. The summed E-state index contributed by atoms with van der Waals surface area (Å²) in [5, 5.41) is 5.33. The Morgan fingerprint density at radius 1 is 1.28 bits per heavy atom. The van der Waals surface area contributed by atoms with Crippen molar-refractivity contribution in [3.8, 4) is 0 Å². The Bertz CT molecular complexity index is 759. The predicted octanol–water partition coefficient (Wildman–Crippen LogP) is -0.475. The van der Waals surface area contributed by atoms with Crippen LogP contribution in [-0.4, -0.2) is 47.2 Å². The van der Waals surface area contributed by atoms with Crippen molar-refractivity contribution in [3.05, 3.63) is 34.9 Å². The molecule has 2 aliphatic rings. The van der Waals surface area contributed by atoms with E-state index in [1.54, 1.807) is 18.2 Å². The first-order valence-electron chi connectivity index (χ1n) is 8.20. The van der Waals surface area contributed by atoms with Crippen molar-refractivity contribution in [1.82, 2.24) is 15.5 Å². The number of piperidine rings is 1. The van der Waals surface area contributed by atoms with Gasteiger partial charge in [-0.05, 0) is 25.0 Å². The zero-order chi connectivity index (χ0) is 18.1. The van der Waals surface area contributed by atoms with Gasteiger partial charge in [-0.15, -0.1) is 0 Å². The van der Waals surface area contributed by atoms with Gasteiger partial charge in [-0.3, -0.25) is 29.4 Å². The quantitative estimate of drug-likeness (QED) is 0.621. The van der Waals surface area contributed by atoms with Crippen molar-refractivity contribution in [2.75, 3.05) is 6.54 Å². The van der Waals surface area contributed by atoms with Crippen molar-refractivity contribution in [3.63, 3.8) is 0 Å². The standard InChI is InChI=1S/C17H20N4O4/c1-9(18)7-19-8-10-3-2-4-11-14(10)17(25)21(16(11)24)12-5-6-13(22)20-15(12)23/h2-4,9,12,19H,5-8,18H2,1H3,(H,20,22,23)/t9-,12?/m1/s1. The van der Waals surface area contributed by atoms with Crippen molar-refractivity contribution in [2.24, 2.45) is 5.73 Å². The fourth-order valence-electron chi connectivity index (χ4n) is 3.17. The van der Waals surface area contributed by atoms with E-state index in [0.29, 0.717) is 24.2 Å². The Labute approximate surface area is 144 Å². The summed E-state index contributed by atoms with van der Waals surface area (Å²) in [6, 6.07) is 4.08. The van der Waals surface area contributed by atoms with E-state index >= 15 is 0 Å². The van der Waals surface area contributed by atoms with E-state index in [1.165, 1.54) is 0 Å². The van der Waals surface area contributed by atoms with Crippen LogP contribution in [0.3, 0.4) is 0 Å². The summed E-state index contributed by atoms with van der Waals surface area (Å²) in [7, 11) is 0. The highest BCUT2D eigenvalue weighted by Crippen LogP contribution is 2.29. The number of fused-ring (bicyclic) bond motifs is 1. The minimum Gasteiger partial charge on any atom is -0.327 e.